The van der Waals surface area contributed by atoms with Gasteiger partial charge in [0, 0.05) is 6.42 Å². The molecule has 0 aromatic carbocycles. The predicted molar refractivity (Wildman–Crippen MR) is 58.3 cm³/mol. The van der Waals surface area contributed by atoms with Gasteiger partial charge in [0.1, 0.15) is 12.8 Å². The molecule has 0 aliphatic carbocycles. The largest absolute Gasteiger partial charge is 0.389 e. The second kappa shape index (κ2) is 5.53. The number of rotatable bonds is 6. The maximum atomic E-state index is 13.2. The highest BCUT2D eigenvalue weighted by molar-refractivity contribution is 4.82. The SMILES string of the molecule is CC(C)(CCC(C)(C)C(F)CF)CC(F)(F)F. The van der Waals surface area contributed by atoms with Gasteiger partial charge < -0.3 is 0 Å². The summed E-state index contributed by atoms with van der Waals surface area (Å²) in [5.41, 5.74) is -1.86. The summed E-state index contributed by atoms with van der Waals surface area (Å²) in [6, 6.07) is 0. The van der Waals surface area contributed by atoms with E-state index in [1.54, 1.807) is 13.8 Å². The summed E-state index contributed by atoms with van der Waals surface area (Å²) in [4.78, 5) is 0. The average Bonchev–Trinajstić information content (AvgIpc) is 2.10. The van der Waals surface area contributed by atoms with Gasteiger partial charge in [0.15, 0.2) is 0 Å². The molecule has 0 aliphatic rings. The molecule has 0 saturated carbocycles. The first kappa shape index (κ1) is 16.6. The van der Waals surface area contributed by atoms with E-state index in [1.165, 1.54) is 13.8 Å². The van der Waals surface area contributed by atoms with Gasteiger partial charge in [0.05, 0.1) is 0 Å². The molecule has 0 amide bonds. The van der Waals surface area contributed by atoms with Crippen molar-refractivity contribution in [2.75, 3.05) is 6.67 Å². The van der Waals surface area contributed by atoms with Gasteiger partial charge >= 0.3 is 6.18 Å². The van der Waals surface area contributed by atoms with Crippen molar-refractivity contribution in [3.8, 4) is 0 Å². The lowest BCUT2D eigenvalue weighted by atomic mass is 9.75. The molecule has 0 N–H and O–H groups in total. The molecule has 0 radical (unpaired) electrons. The van der Waals surface area contributed by atoms with Gasteiger partial charge in [-0.25, -0.2) is 8.78 Å². The minimum atomic E-state index is -4.22. The van der Waals surface area contributed by atoms with Crippen LogP contribution in [0.3, 0.4) is 0 Å². The minimum Gasteiger partial charge on any atom is -0.248 e. The third kappa shape index (κ3) is 6.84. The van der Waals surface area contributed by atoms with E-state index in [2.05, 4.69) is 0 Å². The van der Waals surface area contributed by atoms with Gasteiger partial charge in [-0.15, -0.1) is 0 Å². The van der Waals surface area contributed by atoms with Gasteiger partial charge in [0.25, 0.3) is 0 Å². The first-order valence-electron chi connectivity index (χ1n) is 5.66. The van der Waals surface area contributed by atoms with Crippen LogP contribution in [-0.4, -0.2) is 19.0 Å². The Morgan fingerprint density at radius 2 is 1.41 bits per heavy atom. The van der Waals surface area contributed by atoms with Crippen molar-refractivity contribution in [1.29, 1.82) is 0 Å². The van der Waals surface area contributed by atoms with E-state index in [4.69, 9.17) is 0 Å². The van der Waals surface area contributed by atoms with Gasteiger partial charge in [0.2, 0.25) is 0 Å². The van der Waals surface area contributed by atoms with Gasteiger partial charge in [-0.05, 0) is 23.7 Å². The van der Waals surface area contributed by atoms with Crippen LogP contribution in [0.25, 0.3) is 0 Å². The third-order valence-corrected chi connectivity index (χ3v) is 3.11. The molecule has 17 heavy (non-hydrogen) atoms. The Labute approximate surface area is 99.6 Å². The van der Waals surface area contributed by atoms with Crippen LogP contribution in [0.2, 0.25) is 0 Å². The zero-order valence-electron chi connectivity index (χ0n) is 10.8. The van der Waals surface area contributed by atoms with E-state index in [0.29, 0.717) is 0 Å². The molecule has 0 aromatic rings. The molecule has 0 heterocycles. The van der Waals surface area contributed by atoms with Gasteiger partial charge in [-0.3, -0.25) is 0 Å². The normalized spacial score (nSPS) is 16.1. The predicted octanol–water partition coefficient (Wildman–Crippen LogP) is 5.08. The molecule has 0 fully saturated rings. The van der Waals surface area contributed by atoms with Crippen LogP contribution in [0.4, 0.5) is 22.0 Å². The fourth-order valence-corrected chi connectivity index (χ4v) is 1.66. The smallest absolute Gasteiger partial charge is 0.248 e. The molecule has 0 nitrogen and oxygen atoms in total. The summed E-state index contributed by atoms with van der Waals surface area (Å²) < 4.78 is 62.2. The van der Waals surface area contributed by atoms with Crippen LogP contribution in [0.5, 0.6) is 0 Å². The highest BCUT2D eigenvalue weighted by Crippen LogP contribution is 2.40. The van der Waals surface area contributed by atoms with E-state index >= 15 is 0 Å². The summed E-state index contributed by atoms with van der Waals surface area (Å²) in [5, 5.41) is 0. The number of halogens is 5. The molecule has 0 bridgehead atoms. The molecule has 0 aromatic heterocycles. The molecule has 1 unspecified atom stereocenters. The Morgan fingerprint density at radius 1 is 0.941 bits per heavy atom. The van der Waals surface area contributed by atoms with E-state index in [9.17, 15) is 22.0 Å². The molecule has 104 valence electrons. The first-order valence-corrected chi connectivity index (χ1v) is 5.66. The van der Waals surface area contributed by atoms with Crippen molar-refractivity contribution >= 4 is 0 Å². The van der Waals surface area contributed by atoms with E-state index in [0.717, 1.165) is 0 Å². The van der Waals surface area contributed by atoms with Crippen molar-refractivity contribution in [2.24, 2.45) is 10.8 Å². The maximum Gasteiger partial charge on any atom is 0.389 e. The van der Waals surface area contributed by atoms with E-state index in [-0.39, 0.29) is 12.8 Å². The Hall–Kier alpha value is -0.350. The van der Waals surface area contributed by atoms with Crippen molar-refractivity contribution in [3.63, 3.8) is 0 Å². The Morgan fingerprint density at radius 3 is 1.76 bits per heavy atom. The summed E-state index contributed by atoms with van der Waals surface area (Å²) in [7, 11) is 0. The quantitative estimate of drug-likeness (QED) is 0.584. The zero-order valence-corrected chi connectivity index (χ0v) is 10.8. The fraction of sp³-hybridized carbons (Fsp3) is 1.00. The standard InChI is InChI=1S/C12H21F5/c1-10(2,8-12(15,16)17)5-6-11(3,4)9(14)7-13/h9H,5-8H2,1-4H3. The van der Waals surface area contributed by atoms with Crippen LogP contribution in [0.1, 0.15) is 47.0 Å². The lowest BCUT2D eigenvalue weighted by Crippen LogP contribution is -2.30. The molecular formula is C12H21F5. The maximum absolute atomic E-state index is 13.2. The lowest BCUT2D eigenvalue weighted by Gasteiger charge is -2.32. The summed E-state index contributed by atoms with van der Waals surface area (Å²) in [5.74, 6) is 0. The van der Waals surface area contributed by atoms with Gasteiger partial charge in [-0.2, -0.15) is 13.2 Å². The van der Waals surface area contributed by atoms with Gasteiger partial charge in [-0.1, -0.05) is 27.7 Å². The highest BCUT2D eigenvalue weighted by Gasteiger charge is 2.38. The first-order chi connectivity index (χ1) is 7.40. The molecular weight excluding hydrogens is 239 g/mol. The summed E-state index contributed by atoms with van der Waals surface area (Å²) in [6.45, 7) is 4.99. The lowest BCUT2D eigenvalue weighted by molar-refractivity contribution is -0.156. The monoisotopic (exact) mass is 260 g/mol. The van der Waals surface area contributed by atoms with Crippen LogP contribution in [0.15, 0.2) is 0 Å². The van der Waals surface area contributed by atoms with Crippen LogP contribution in [-0.2, 0) is 0 Å². The molecule has 0 spiro atoms. The molecule has 0 saturated heterocycles. The van der Waals surface area contributed by atoms with Crippen molar-refractivity contribution in [2.45, 2.75) is 59.3 Å². The van der Waals surface area contributed by atoms with Crippen LogP contribution in [0, 0.1) is 10.8 Å². The second-order valence-electron chi connectivity index (χ2n) is 6.07. The van der Waals surface area contributed by atoms with Crippen molar-refractivity contribution < 1.29 is 22.0 Å². The zero-order chi connectivity index (χ0) is 13.9. The second-order valence-corrected chi connectivity index (χ2v) is 6.07. The summed E-state index contributed by atoms with van der Waals surface area (Å²) >= 11 is 0. The topological polar surface area (TPSA) is 0 Å². The summed E-state index contributed by atoms with van der Waals surface area (Å²) in [6.07, 6.45) is -6.28. The van der Waals surface area contributed by atoms with Crippen molar-refractivity contribution in [3.05, 3.63) is 0 Å². The van der Waals surface area contributed by atoms with Crippen LogP contribution < -0.4 is 0 Å². The third-order valence-electron chi connectivity index (χ3n) is 3.11. The average molecular weight is 260 g/mol. The van der Waals surface area contributed by atoms with E-state index in [1.807, 2.05) is 0 Å². The molecule has 1 atom stereocenters. The Bertz CT molecular complexity index is 230. The molecule has 0 rings (SSSR count). The fourth-order valence-electron chi connectivity index (χ4n) is 1.66. The minimum absolute atomic E-state index is 0.222. The number of hydrogen-bond donors (Lipinski definition) is 0. The Balaban J connectivity index is 4.36. The number of alkyl halides is 5. The number of hydrogen-bond acceptors (Lipinski definition) is 0. The van der Waals surface area contributed by atoms with Crippen LogP contribution >= 0.6 is 0 Å². The molecule has 5 heteroatoms. The Kier molecular flexibility index (Phi) is 5.41. The van der Waals surface area contributed by atoms with Crippen molar-refractivity contribution in [1.82, 2.24) is 0 Å². The highest BCUT2D eigenvalue weighted by atomic mass is 19.4. The molecule has 0 aliphatic heterocycles. The van der Waals surface area contributed by atoms with E-state index < -0.39 is 36.3 Å².